The zero-order valence-corrected chi connectivity index (χ0v) is 22.1. The molecule has 0 fully saturated rings. The van der Waals surface area contributed by atoms with Gasteiger partial charge < -0.3 is 19.9 Å². The van der Waals surface area contributed by atoms with Gasteiger partial charge in [-0.1, -0.05) is 36.4 Å². The Labute approximate surface area is 220 Å². The third-order valence-corrected chi connectivity index (χ3v) is 6.77. The first-order valence-electron chi connectivity index (χ1n) is 13.1. The Bertz CT molecular complexity index is 1210. The van der Waals surface area contributed by atoms with Crippen molar-refractivity contribution in [3.8, 4) is 0 Å². The van der Waals surface area contributed by atoms with Crippen molar-refractivity contribution in [3.05, 3.63) is 95.1 Å². The lowest BCUT2D eigenvalue weighted by Crippen LogP contribution is -2.31. The predicted molar refractivity (Wildman–Crippen MR) is 149 cm³/mol. The van der Waals surface area contributed by atoms with Gasteiger partial charge in [0, 0.05) is 41.2 Å². The fraction of sp³-hybridized carbons (Fsp3) is 0.355. The first kappa shape index (κ1) is 26.6. The van der Waals surface area contributed by atoms with Crippen LogP contribution in [0.4, 0.5) is 11.4 Å². The third kappa shape index (κ3) is 6.85. The summed E-state index contributed by atoms with van der Waals surface area (Å²) < 4.78 is 6.31. The molecule has 0 bridgehead atoms. The van der Waals surface area contributed by atoms with Gasteiger partial charge in [0.25, 0.3) is 11.8 Å². The molecule has 1 aliphatic rings. The maximum absolute atomic E-state index is 13.6. The van der Waals surface area contributed by atoms with Crippen molar-refractivity contribution in [2.45, 2.75) is 38.7 Å². The molecule has 1 atom stereocenters. The zero-order valence-electron chi connectivity index (χ0n) is 22.1. The minimum absolute atomic E-state index is 0.00705. The topological polar surface area (TPSA) is 61.9 Å². The number of nitrogens with zero attached hydrogens (tertiary/aromatic N) is 2. The molecular formula is C31H37N3O3. The van der Waals surface area contributed by atoms with Crippen LogP contribution in [0.15, 0.2) is 72.8 Å². The Hall–Kier alpha value is -3.48. The minimum Gasteiger partial charge on any atom is -0.373 e. The lowest BCUT2D eigenvalue weighted by Gasteiger charge is -2.24. The standard InChI is InChI=1S/C31H37N3O3/c1-23-11-4-5-12-26(23)30(35)32-25-18-16-24(17-19-25)31(36)34-21-10-15-29(27-13-6-7-14-28(27)34)37-22-9-8-20-33(2)3/h4-7,11-14,16-19,29H,8-10,15,20-22H2,1-3H3,(H,32,35). The second-order valence-electron chi connectivity index (χ2n) is 9.87. The zero-order chi connectivity index (χ0) is 26.2. The normalized spacial score (nSPS) is 15.2. The minimum atomic E-state index is -0.161. The molecule has 3 aromatic carbocycles. The predicted octanol–water partition coefficient (Wildman–Crippen LogP) is 6.09. The Morgan fingerprint density at radius 1 is 0.973 bits per heavy atom. The van der Waals surface area contributed by atoms with E-state index in [1.807, 2.05) is 48.2 Å². The number of fused-ring (bicyclic) bond motifs is 1. The summed E-state index contributed by atoms with van der Waals surface area (Å²) in [6.45, 7) is 4.33. The number of unbranched alkanes of at least 4 members (excludes halogenated alkanes) is 1. The molecule has 0 saturated carbocycles. The van der Waals surface area contributed by atoms with Gasteiger partial charge in [-0.3, -0.25) is 9.59 Å². The van der Waals surface area contributed by atoms with Gasteiger partial charge in [-0.15, -0.1) is 0 Å². The summed E-state index contributed by atoms with van der Waals surface area (Å²) in [5.41, 5.74) is 4.79. The highest BCUT2D eigenvalue weighted by molar-refractivity contribution is 6.08. The molecule has 0 radical (unpaired) electrons. The van der Waals surface area contributed by atoms with E-state index in [1.165, 1.54) is 0 Å². The van der Waals surface area contributed by atoms with Crippen LogP contribution in [-0.2, 0) is 4.74 Å². The van der Waals surface area contributed by atoms with Gasteiger partial charge in [0.05, 0.1) is 6.10 Å². The van der Waals surface area contributed by atoms with E-state index in [1.54, 1.807) is 30.3 Å². The summed E-state index contributed by atoms with van der Waals surface area (Å²) in [4.78, 5) is 30.3. The number of carbonyl (C=O) groups is 2. The second kappa shape index (κ2) is 12.7. The van der Waals surface area contributed by atoms with Crippen LogP contribution in [0.2, 0.25) is 0 Å². The van der Waals surface area contributed by atoms with E-state index in [-0.39, 0.29) is 17.9 Å². The average Bonchev–Trinajstić information content (AvgIpc) is 3.08. The summed E-state index contributed by atoms with van der Waals surface area (Å²) in [5, 5.41) is 2.93. The van der Waals surface area contributed by atoms with Crippen LogP contribution in [0.3, 0.4) is 0 Å². The van der Waals surface area contributed by atoms with Crippen LogP contribution in [0.25, 0.3) is 0 Å². The SMILES string of the molecule is Cc1ccccc1C(=O)Nc1ccc(C(=O)N2CCCC(OCCCCN(C)C)c3ccccc32)cc1. The van der Waals surface area contributed by atoms with E-state index < -0.39 is 0 Å². The van der Waals surface area contributed by atoms with Crippen molar-refractivity contribution < 1.29 is 14.3 Å². The number of ether oxygens (including phenoxy) is 1. The largest absolute Gasteiger partial charge is 0.373 e. The lowest BCUT2D eigenvalue weighted by molar-refractivity contribution is 0.0442. The summed E-state index contributed by atoms with van der Waals surface area (Å²) in [6, 6.07) is 22.7. The number of hydrogen-bond donors (Lipinski definition) is 1. The highest BCUT2D eigenvalue weighted by Crippen LogP contribution is 2.36. The molecule has 6 heteroatoms. The molecule has 1 aliphatic heterocycles. The first-order valence-corrected chi connectivity index (χ1v) is 13.1. The molecule has 1 N–H and O–H groups in total. The van der Waals surface area contributed by atoms with Crippen molar-refractivity contribution in [2.24, 2.45) is 0 Å². The molecule has 6 nitrogen and oxygen atoms in total. The maximum Gasteiger partial charge on any atom is 0.258 e. The van der Waals surface area contributed by atoms with Gasteiger partial charge in [0.1, 0.15) is 0 Å². The summed E-state index contributed by atoms with van der Waals surface area (Å²) in [7, 11) is 4.17. The quantitative estimate of drug-likeness (QED) is 0.362. The summed E-state index contributed by atoms with van der Waals surface area (Å²) in [6.07, 6.45) is 3.87. The molecule has 1 heterocycles. The molecule has 4 rings (SSSR count). The van der Waals surface area contributed by atoms with E-state index in [0.717, 1.165) is 55.6 Å². The van der Waals surface area contributed by atoms with E-state index in [2.05, 4.69) is 30.4 Å². The maximum atomic E-state index is 13.6. The highest BCUT2D eigenvalue weighted by atomic mass is 16.5. The fourth-order valence-corrected chi connectivity index (χ4v) is 4.73. The number of carbonyl (C=O) groups excluding carboxylic acids is 2. The molecular weight excluding hydrogens is 462 g/mol. The van der Waals surface area contributed by atoms with Crippen LogP contribution in [0.1, 0.15) is 63.6 Å². The molecule has 0 spiro atoms. The van der Waals surface area contributed by atoms with Crippen LogP contribution in [-0.4, -0.2) is 50.5 Å². The first-order chi connectivity index (χ1) is 17.9. The van der Waals surface area contributed by atoms with Crippen molar-refractivity contribution >= 4 is 23.2 Å². The van der Waals surface area contributed by atoms with Gasteiger partial charge in [-0.05, 0) is 95.2 Å². The monoisotopic (exact) mass is 499 g/mol. The third-order valence-electron chi connectivity index (χ3n) is 6.77. The van der Waals surface area contributed by atoms with Crippen molar-refractivity contribution in [1.82, 2.24) is 4.90 Å². The number of benzene rings is 3. The van der Waals surface area contributed by atoms with E-state index in [9.17, 15) is 9.59 Å². The molecule has 0 aromatic heterocycles. The summed E-state index contributed by atoms with van der Waals surface area (Å²) >= 11 is 0. The average molecular weight is 500 g/mol. The smallest absolute Gasteiger partial charge is 0.258 e. The molecule has 3 aromatic rings. The molecule has 37 heavy (non-hydrogen) atoms. The Balaban J connectivity index is 1.44. The second-order valence-corrected chi connectivity index (χ2v) is 9.87. The molecule has 194 valence electrons. The molecule has 0 saturated heterocycles. The molecule has 2 amide bonds. The number of anilines is 2. The molecule has 1 unspecified atom stereocenters. The number of rotatable bonds is 9. The van der Waals surface area contributed by atoms with E-state index in [0.29, 0.717) is 23.4 Å². The van der Waals surface area contributed by atoms with Crippen molar-refractivity contribution in [2.75, 3.05) is 44.0 Å². The number of hydrogen-bond acceptors (Lipinski definition) is 4. The molecule has 0 aliphatic carbocycles. The Morgan fingerprint density at radius 3 is 2.46 bits per heavy atom. The number of aryl methyl sites for hydroxylation is 1. The summed E-state index contributed by atoms with van der Waals surface area (Å²) in [5.74, 6) is -0.206. The fourth-order valence-electron chi connectivity index (χ4n) is 4.73. The van der Waals surface area contributed by atoms with Crippen LogP contribution in [0.5, 0.6) is 0 Å². The van der Waals surface area contributed by atoms with Crippen molar-refractivity contribution in [1.29, 1.82) is 0 Å². The Morgan fingerprint density at radius 2 is 1.70 bits per heavy atom. The van der Waals surface area contributed by atoms with Crippen LogP contribution in [0, 0.1) is 6.92 Å². The van der Waals surface area contributed by atoms with Crippen LogP contribution < -0.4 is 10.2 Å². The Kier molecular flexibility index (Phi) is 9.09. The van der Waals surface area contributed by atoms with Gasteiger partial charge in [-0.25, -0.2) is 0 Å². The highest BCUT2D eigenvalue weighted by Gasteiger charge is 2.27. The van der Waals surface area contributed by atoms with Gasteiger partial charge in [0.2, 0.25) is 0 Å². The van der Waals surface area contributed by atoms with Gasteiger partial charge in [0.15, 0.2) is 0 Å². The van der Waals surface area contributed by atoms with Crippen LogP contribution >= 0.6 is 0 Å². The number of amides is 2. The number of para-hydroxylation sites is 1. The van der Waals surface area contributed by atoms with Gasteiger partial charge in [-0.2, -0.15) is 0 Å². The number of nitrogens with one attached hydrogen (secondary N) is 1. The van der Waals surface area contributed by atoms with Crippen molar-refractivity contribution in [3.63, 3.8) is 0 Å². The van der Waals surface area contributed by atoms with E-state index in [4.69, 9.17) is 4.74 Å². The van der Waals surface area contributed by atoms with Gasteiger partial charge >= 0.3 is 0 Å². The van der Waals surface area contributed by atoms with E-state index >= 15 is 0 Å². The lowest BCUT2D eigenvalue weighted by atomic mass is 10.0.